The van der Waals surface area contributed by atoms with Crippen molar-refractivity contribution in [1.29, 1.82) is 0 Å². The molecular weight excluding hydrogens is 346 g/mol. The highest BCUT2D eigenvalue weighted by molar-refractivity contribution is 7.89. The highest BCUT2D eigenvalue weighted by Crippen LogP contribution is 2.39. The van der Waals surface area contributed by atoms with E-state index in [9.17, 15) is 18.5 Å². The third-order valence-corrected chi connectivity index (χ3v) is 6.38. The molecule has 1 saturated heterocycles. The summed E-state index contributed by atoms with van der Waals surface area (Å²) in [6.45, 7) is 4.09. The number of non-ortho nitro benzene ring substituents is 1. The van der Waals surface area contributed by atoms with E-state index >= 15 is 0 Å². The lowest BCUT2D eigenvalue weighted by Crippen LogP contribution is -2.31. The number of benzene rings is 1. The van der Waals surface area contributed by atoms with E-state index in [1.165, 1.54) is 22.5 Å². The average molecular weight is 365 g/mol. The molecule has 9 heteroatoms. The molecule has 3 rings (SSSR count). The Morgan fingerprint density at radius 2 is 2.20 bits per heavy atom. The van der Waals surface area contributed by atoms with Crippen molar-refractivity contribution in [3.8, 4) is 0 Å². The van der Waals surface area contributed by atoms with Crippen molar-refractivity contribution >= 4 is 15.7 Å². The van der Waals surface area contributed by atoms with E-state index in [2.05, 4.69) is 5.16 Å². The Labute approximate surface area is 145 Å². The molecule has 1 aromatic carbocycles. The molecule has 1 aliphatic rings. The monoisotopic (exact) mass is 365 g/mol. The molecule has 0 amide bonds. The molecule has 25 heavy (non-hydrogen) atoms. The van der Waals surface area contributed by atoms with Crippen LogP contribution in [-0.4, -0.2) is 29.3 Å². The first-order chi connectivity index (χ1) is 11.9. The van der Waals surface area contributed by atoms with Gasteiger partial charge in [0.1, 0.15) is 5.76 Å². The van der Waals surface area contributed by atoms with Crippen LogP contribution in [0.2, 0.25) is 0 Å². The summed E-state index contributed by atoms with van der Waals surface area (Å²) in [6.07, 6.45) is 2.01. The van der Waals surface area contributed by atoms with Crippen LogP contribution in [0.4, 0.5) is 5.69 Å². The first-order valence-electron chi connectivity index (χ1n) is 8.07. The third-order valence-electron chi connectivity index (χ3n) is 4.48. The van der Waals surface area contributed by atoms with Crippen molar-refractivity contribution in [1.82, 2.24) is 9.46 Å². The largest absolute Gasteiger partial charge is 0.361 e. The summed E-state index contributed by atoms with van der Waals surface area (Å²) in [7, 11) is -3.85. The molecule has 0 spiro atoms. The summed E-state index contributed by atoms with van der Waals surface area (Å²) in [6, 6.07) is 4.80. The first-order valence-corrected chi connectivity index (χ1v) is 9.51. The Balaban J connectivity index is 2.03. The topological polar surface area (TPSA) is 107 Å². The lowest BCUT2D eigenvalue weighted by molar-refractivity contribution is -0.385. The van der Waals surface area contributed by atoms with E-state index in [1.54, 1.807) is 6.92 Å². The van der Waals surface area contributed by atoms with Gasteiger partial charge in [0.25, 0.3) is 5.69 Å². The molecule has 2 heterocycles. The predicted octanol–water partition coefficient (Wildman–Crippen LogP) is 2.98. The lowest BCUT2D eigenvalue weighted by atomic mass is 10.0. The van der Waals surface area contributed by atoms with Crippen LogP contribution in [-0.2, 0) is 16.4 Å². The van der Waals surface area contributed by atoms with Gasteiger partial charge in [0.2, 0.25) is 10.0 Å². The summed E-state index contributed by atoms with van der Waals surface area (Å²) < 4.78 is 32.9. The maximum Gasteiger partial charge on any atom is 0.270 e. The summed E-state index contributed by atoms with van der Waals surface area (Å²) in [5.74, 6) is 0.684. The van der Waals surface area contributed by atoms with Crippen molar-refractivity contribution in [2.24, 2.45) is 0 Å². The first kappa shape index (κ1) is 17.6. The van der Waals surface area contributed by atoms with E-state index in [0.29, 0.717) is 37.3 Å². The van der Waals surface area contributed by atoms with Crippen LogP contribution >= 0.6 is 0 Å². The van der Waals surface area contributed by atoms with Gasteiger partial charge in [0, 0.05) is 30.7 Å². The zero-order valence-electron chi connectivity index (χ0n) is 14.0. The van der Waals surface area contributed by atoms with Gasteiger partial charge in [0.05, 0.1) is 21.6 Å². The van der Waals surface area contributed by atoms with Crippen molar-refractivity contribution in [2.75, 3.05) is 6.54 Å². The van der Waals surface area contributed by atoms with Gasteiger partial charge in [0.15, 0.2) is 0 Å². The number of nitro groups is 1. The second kappa shape index (κ2) is 6.57. The zero-order chi connectivity index (χ0) is 18.2. The van der Waals surface area contributed by atoms with Gasteiger partial charge >= 0.3 is 0 Å². The highest BCUT2D eigenvalue weighted by atomic mass is 32.2. The molecule has 1 aliphatic heterocycles. The number of aryl methyl sites for hydroxylation is 2. The van der Waals surface area contributed by atoms with Crippen LogP contribution in [0.25, 0.3) is 0 Å². The quantitative estimate of drug-likeness (QED) is 0.595. The smallest absolute Gasteiger partial charge is 0.270 e. The molecule has 0 aliphatic carbocycles. The number of hydrogen-bond donors (Lipinski definition) is 0. The maximum atomic E-state index is 13.1. The molecule has 2 aromatic rings. The highest BCUT2D eigenvalue weighted by Gasteiger charge is 2.39. The molecule has 0 unspecified atom stereocenters. The van der Waals surface area contributed by atoms with Crippen LogP contribution in [0.1, 0.15) is 42.8 Å². The molecular formula is C16H19N3O5S. The Morgan fingerprint density at radius 3 is 2.88 bits per heavy atom. The van der Waals surface area contributed by atoms with E-state index in [-0.39, 0.29) is 16.6 Å². The summed E-state index contributed by atoms with van der Waals surface area (Å²) >= 11 is 0. The van der Waals surface area contributed by atoms with Crippen molar-refractivity contribution < 1.29 is 17.9 Å². The number of sulfonamides is 1. The minimum absolute atomic E-state index is 0.0687. The number of rotatable bonds is 5. The van der Waals surface area contributed by atoms with E-state index < -0.39 is 14.9 Å². The van der Waals surface area contributed by atoms with Crippen LogP contribution in [0.5, 0.6) is 0 Å². The van der Waals surface area contributed by atoms with Gasteiger partial charge in [-0.05, 0) is 25.8 Å². The number of nitrogens with zero attached hydrogens (tertiary/aromatic N) is 3. The molecule has 134 valence electrons. The molecule has 1 atom stereocenters. The Bertz CT molecular complexity index is 906. The standard InChI is InChI=1S/C16H19N3O5S/c1-3-15-16(11(2)17-24-15)14-8-5-9-18(14)25(22,23)13-7-4-6-12(10-13)19(20)21/h4,6-7,10,14H,3,5,8-9H2,1-2H3/t14-/m0/s1. The number of nitro benzene ring substituents is 1. The minimum atomic E-state index is -3.85. The van der Waals surface area contributed by atoms with Crippen molar-refractivity contribution in [3.05, 3.63) is 51.4 Å². The molecule has 1 aromatic heterocycles. The molecule has 8 nitrogen and oxygen atoms in total. The third kappa shape index (κ3) is 3.05. The number of hydrogen-bond acceptors (Lipinski definition) is 6. The minimum Gasteiger partial charge on any atom is -0.361 e. The maximum absolute atomic E-state index is 13.1. The van der Waals surface area contributed by atoms with Gasteiger partial charge in [-0.1, -0.05) is 18.1 Å². The fourth-order valence-electron chi connectivity index (χ4n) is 3.31. The SMILES string of the molecule is CCc1onc(C)c1[C@@H]1CCCN1S(=O)(=O)c1cccc([N+](=O)[O-])c1. The molecule has 0 saturated carbocycles. The lowest BCUT2D eigenvalue weighted by Gasteiger charge is -2.24. The molecule has 1 fully saturated rings. The fraction of sp³-hybridized carbons (Fsp3) is 0.438. The number of aromatic nitrogens is 1. The van der Waals surface area contributed by atoms with Crippen molar-refractivity contribution in [3.63, 3.8) is 0 Å². The second-order valence-electron chi connectivity index (χ2n) is 5.99. The van der Waals surface area contributed by atoms with Gasteiger partial charge in [-0.3, -0.25) is 10.1 Å². The Morgan fingerprint density at radius 1 is 1.44 bits per heavy atom. The summed E-state index contributed by atoms with van der Waals surface area (Å²) in [5.41, 5.74) is 1.25. The van der Waals surface area contributed by atoms with Gasteiger partial charge in [-0.2, -0.15) is 4.31 Å². The van der Waals surface area contributed by atoms with Gasteiger partial charge in [-0.25, -0.2) is 8.42 Å². The van der Waals surface area contributed by atoms with Crippen LogP contribution in [0.3, 0.4) is 0 Å². The Kier molecular flexibility index (Phi) is 4.61. The van der Waals surface area contributed by atoms with Crippen molar-refractivity contribution in [2.45, 2.75) is 44.0 Å². The molecule has 0 radical (unpaired) electrons. The molecule has 0 N–H and O–H groups in total. The van der Waals surface area contributed by atoms with Gasteiger partial charge in [-0.15, -0.1) is 0 Å². The van der Waals surface area contributed by atoms with Crippen LogP contribution in [0, 0.1) is 17.0 Å². The Hall–Kier alpha value is -2.26. The van der Waals surface area contributed by atoms with Crippen LogP contribution in [0.15, 0.2) is 33.7 Å². The van der Waals surface area contributed by atoms with E-state index in [0.717, 1.165) is 11.6 Å². The summed E-state index contributed by atoms with van der Waals surface area (Å²) in [4.78, 5) is 10.3. The molecule has 0 bridgehead atoms. The second-order valence-corrected chi connectivity index (χ2v) is 7.88. The van der Waals surface area contributed by atoms with E-state index in [1.807, 2.05) is 6.92 Å². The fourth-order valence-corrected chi connectivity index (χ4v) is 5.02. The average Bonchev–Trinajstić information content (AvgIpc) is 3.21. The van der Waals surface area contributed by atoms with Gasteiger partial charge < -0.3 is 4.52 Å². The summed E-state index contributed by atoms with van der Waals surface area (Å²) in [5, 5.41) is 14.9. The van der Waals surface area contributed by atoms with Crippen LogP contribution < -0.4 is 0 Å². The predicted molar refractivity (Wildman–Crippen MR) is 89.6 cm³/mol. The zero-order valence-corrected chi connectivity index (χ0v) is 14.8. The van der Waals surface area contributed by atoms with E-state index in [4.69, 9.17) is 4.52 Å². The normalized spacial score (nSPS) is 18.6.